The van der Waals surface area contributed by atoms with Gasteiger partial charge in [0, 0.05) is 30.0 Å². The molecule has 11 nitrogen and oxygen atoms in total. The number of carbonyl (C=O) groups is 2. The second-order valence-electron chi connectivity index (χ2n) is 7.61. The average molecular weight is 446 g/mol. The molecule has 2 aliphatic carbocycles. The van der Waals surface area contributed by atoms with Gasteiger partial charge in [0.05, 0.1) is 17.4 Å². The molecule has 1 aromatic carbocycles. The summed E-state index contributed by atoms with van der Waals surface area (Å²) in [5.41, 5.74) is 6.05. The summed E-state index contributed by atoms with van der Waals surface area (Å²) in [6.07, 6.45) is 5.95. The summed E-state index contributed by atoms with van der Waals surface area (Å²) >= 11 is 0. The average Bonchev–Trinajstić information content (AvgIpc) is 3.57. The second-order valence-corrected chi connectivity index (χ2v) is 9.18. The number of aromatic nitrogens is 2. The SMILES string of the molecule is CS(=O)(=O)Oc1cc(Nc2ncc(C(N)=O)c(NC3CC3)n2)ccc1C(=O)NC1CC1. The third kappa shape index (κ3) is 5.60. The molecule has 2 aliphatic rings. The summed E-state index contributed by atoms with van der Waals surface area (Å²) in [4.78, 5) is 32.5. The summed E-state index contributed by atoms with van der Waals surface area (Å²) in [5, 5.41) is 8.87. The fraction of sp³-hybridized carbons (Fsp3) is 0.368. The number of nitrogens with two attached hydrogens (primary N) is 1. The third-order valence-corrected chi connectivity index (χ3v) is 5.09. The Morgan fingerprint density at radius 1 is 1.13 bits per heavy atom. The van der Waals surface area contributed by atoms with Crippen LogP contribution < -0.4 is 25.9 Å². The van der Waals surface area contributed by atoms with Crippen LogP contribution in [0.2, 0.25) is 0 Å². The van der Waals surface area contributed by atoms with Gasteiger partial charge in [0.1, 0.15) is 5.82 Å². The van der Waals surface area contributed by atoms with Crippen LogP contribution in [0, 0.1) is 0 Å². The van der Waals surface area contributed by atoms with E-state index in [0.29, 0.717) is 11.5 Å². The minimum absolute atomic E-state index is 0.101. The number of amides is 2. The van der Waals surface area contributed by atoms with E-state index in [2.05, 4.69) is 25.9 Å². The molecule has 0 aliphatic heterocycles. The van der Waals surface area contributed by atoms with Crippen LogP contribution in [0.25, 0.3) is 0 Å². The van der Waals surface area contributed by atoms with E-state index in [1.165, 1.54) is 18.3 Å². The van der Waals surface area contributed by atoms with Gasteiger partial charge in [-0.25, -0.2) is 4.98 Å². The molecule has 0 bridgehead atoms. The van der Waals surface area contributed by atoms with E-state index in [0.717, 1.165) is 31.9 Å². The molecule has 31 heavy (non-hydrogen) atoms. The molecular weight excluding hydrogens is 424 g/mol. The van der Waals surface area contributed by atoms with E-state index in [4.69, 9.17) is 9.92 Å². The van der Waals surface area contributed by atoms with Gasteiger partial charge in [0.2, 0.25) is 5.95 Å². The first kappa shape index (κ1) is 20.8. The summed E-state index contributed by atoms with van der Waals surface area (Å²) in [6, 6.07) is 4.76. The van der Waals surface area contributed by atoms with Crippen molar-refractivity contribution in [3.05, 3.63) is 35.5 Å². The van der Waals surface area contributed by atoms with Gasteiger partial charge in [-0.05, 0) is 37.8 Å². The molecule has 12 heteroatoms. The highest BCUT2D eigenvalue weighted by atomic mass is 32.2. The molecule has 2 saturated carbocycles. The Kier molecular flexibility index (Phi) is 5.39. The van der Waals surface area contributed by atoms with Crippen LogP contribution in [0.15, 0.2) is 24.4 Å². The van der Waals surface area contributed by atoms with Crippen molar-refractivity contribution in [1.29, 1.82) is 0 Å². The number of carbonyl (C=O) groups excluding carboxylic acids is 2. The largest absolute Gasteiger partial charge is 0.382 e. The van der Waals surface area contributed by atoms with Crippen LogP contribution in [-0.2, 0) is 10.1 Å². The maximum atomic E-state index is 12.4. The van der Waals surface area contributed by atoms with Gasteiger partial charge >= 0.3 is 10.1 Å². The minimum Gasteiger partial charge on any atom is -0.382 e. The third-order valence-electron chi connectivity index (χ3n) is 4.61. The Morgan fingerprint density at radius 2 is 1.84 bits per heavy atom. The fourth-order valence-corrected chi connectivity index (χ4v) is 3.26. The molecule has 2 fully saturated rings. The Morgan fingerprint density at radius 3 is 2.45 bits per heavy atom. The summed E-state index contributed by atoms with van der Waals surface area (Å²) in [7, 11) is -3.86. The quantitative estimate of drug-likeness (QED) is 0.413. The monoisotopic (exact) mass is 446 g/mol. The summed E-state index contributed by atoms with van der Waals surface area (Å²) in [5.74, 6) is -0.694. The Hall–Kier alpha value is -3.41. The smallest absolute Gasteiger partial charge is 0.306 e. The minimum atomic E-state index is -3.86. The second kappa shape index (κ2) is 8.02. The molecule has 2 amide bonds. The van der Waals surface area contributed by atoms with E-state index in [9.17, 15) is 18.0 Å². The van der Waals surface area contributed by atoms with Gasteiger partial charge in [0.15, 0.2) is 5.75 Å². The molecule has 4 rings (SSSR count). The predicted octanol–water partition coefficient (Wildman–Crippen LogP) is 1.12. The van der Waals surface area contributed by atoms with Crippen molar-refractivity contribution in [3.63, 3.8) is 0 Å². The zero-order valence-electron chi connectivity index (χ0n) is 16.7. The van der Waals surface area contributed by atoms with Gasteiger partial charge in [-0.1, -0.05) is 0 Å². The number of primary amides is 1. The molecule has 2 aromatic rings. The number of rotatable bonds is 9. The highest BCUT2D eigenvalue weighted by molar-refractivity contribution is 7.86. The molecule has 1 heterocycles. The molecule has 0 atom stereocenters. The van der Waals surface area contributed by atoms with Gasteiger partial charge < -0.3 is 25.9 Å². The first-order valence-corrected chi connectivity index (χ1v) is 11.5. The first-order chi connectivity index (χ1) is 14.7. The van der Waals surface area contributed by atoms with E-state index >= 15 is 0 Å². The summed E-state index contributed by atoms with van der Waals surface area (Å²) < 4.78 is 28.4. The molecule has 1 aromatic heterocycles. The van der Waals surface area contributed by atoms with Gasteiger partial charge in [-0.3, -0.25) is 9.59 Å². The lowest BCUT2D eigenvalue weighted by Gasteiger charge is -2.13. The molecule has 0 radical (unpaired) electrons. The van der Waals surface area contributed by atoms with Crippen LogP contribution in [0.5, 0.6) is 5.75 Å². The van der Waals surface area contributed by atoms with Crippen LogP contribution in [0.1, 0.15) is 46.4 Å². The van der Waals surface area contributed by atoms with E-state index in [1.807, 2.05) is 0 Å². The van der Waals surface area contributed by atoms with Crippen LogP contribution >= 0.6 is 0 Å². The molecule has 0 spiro atoms. The lowest BCUT2D eigenvalue weighted by Crippen LogP contribution is -2.26. The summed E-state index contributed by atoms with van der Waals surface area (Å²) in [6.45, 7) is 0. The molecule has 0 unspecified atom stereocenters. The van der Waals surface area contributed by atoms with Crippen LogP contribution in [0.4, 0.5) is 17.5 Å². The number of hydrogen-bond donors (Lipinski definition) is 4. The number of nitrogens with one attached hydrogen (secondary N) is 3. The normalized spacial score (nSPS) is 15.8. The molecule has 5 N–H and O–H groups in total. The van der Waals surface area contributed by atoms with Crippen molar-refractivity contribution >= 4 is 39.4 Å². The van der Waals surface area contributed by atoms with Crippen molar-refractivity contribution in [2.45, 2.75) is 37.8 Å². The van der Waals surface area contributed by atoms with Crippen molar-refractivity contribution in [3.8, 4) is 5.75 Å². The van der Waals surface area contributed by atoms with Gasteiger partial charge in [0.25, 0.3) is 11.8 Å². The van der Waals surface area contributed by atoms with E-state index in [1.54, 1.807) is 6.07 Å². The fourth-order valence-electron chi connectivity index (χ4n) is 2.79. The van der Waals surface area contributed by atoms with E-state index < -0.39 is 21.9 Å². The van der Waals surface area contributed by atoms with E-state index in [-0.39, 0.29) is 34.9 Å². The first-order valence-electron chi connectivity index (χ1n) is 9.73. The Balaban J connectivity index is 1.60. The predicted molar refractivity (Wildman–Crippen MR) is 113 cm³/mol. The Labute approximate surface area is 178 Å². The van der Waals surface area contributed by atoms with Crippen LogP contribution in [-0.4, -0.2) is 48.5 Å². The standard InChI is InChI=1S/C19H22N6O5S/c1-31(28,29)30-15-8-12(6-7-13(15)18(27)23-11-4-5-11)24-19-21-9-14(16(20)26)17(25-19)22-10-2-3-10/h6-11H,2-5H2,1H3,(H2,20,26)(H,23,27)(H2,21,22,24,25). The maximum absolute atomic E-state index is 12.4. The van der Waals surface area contributed by atoms with Gasteiger partial charge in [-0.2, -0.15) is 13.4 Å². The molecular formula is C19H22N6O5S. The number of hydrogen-bond acceptors (Lipinski definition) is 9. The molecule has 164 valence electrons. The highest BCUT2D eigenvalue weighted by Gasteiger charge is 2.27. The number of anilines is 3. The van der Waals surface area contributed by atoms with Gasteiger partial charge in [-0.15, -0.1) is 0 Å². The highest BCUT2D eigenvalue weighted by Crippen LogP contribution is 2.29. The zero-order valence-corrected chi connectivity index (χ0v) is 17.5. The number of benzene rings is 1. The zero-order chi connectivity index (χ0) is 22.2. The Bertz CT molecular complexity index is 1140. The van der Waals surface area contributed by atoms with Crippen LogP contribution in [0.3, 0.4) is 0 Å². The van der Waals surface area contributed by atoms with Crippen molar-refractivity contribution in [1.82, 2.24) is 15.3 Å². The topological polar surface area (TPSA) is 165 Å². The van der Waals surface area contributed by atoms with Crippen molar-refractivity contribution < 1.29 is 22.2 Å². The lowest BCUT2D eigenvalue weighted by atomic mass is 10.1. The van der Waals surface area contributed by atoms with Crippen molar-refractivity contribution in [2.75, 3.05) is 16.9 Å². The molecule has 0 saturated heterocycles. The maximum Gasteiger partial charge on any atom is 0.306 e. The van der Waals surface area contributed by atoms with Crippen molar-refractivity contribution in [2.24, 2.45) is 5.73 Å². The lowest BCUT2D eigenvalue weighted by molar-refractivity contribution is 0.0948. The number of nitrogens with zero attached hydrogens (tertiary/aromatic N) is 2.